The maximum Gasteiger partial charge on any atom is 0.228 e. The standard InChI is InChI=1S/C18H11Br2ClFN3O2/c1-7-4-13(26)23-18-24-16-12(25(7)18)6-10(19)14(15(16)20)17(27)9-5-8(22)2-3-11(9)21/h2-3,5-7H,4H2,1H3,(H,23,24,26)/t7-/m0/s1. The van der Waals surface area contributed by atoms with Crippen LogP contribution >= 0.6 is 43.5 Å². The van der Waals surface area contributed by atoms with Gasteiger partial charge in [-0.2, -0.15) is 0 Å². The van der Waals surface area contributed by atoms with Gasteiger partial charge in [-0.05, 0) is 63.0 Å². The molecular weight excluding hydrogens is 504 g/mol. The van der Waals surface area contributed by atoms with Crippen LogP contribution in [0.4, 0.5) is 10.3 Å². The number of hydrogen-bond donors (Lipinski definition) is 1. The van der Waals surface area contributed by atoms with Gasteiger partial charge in [0.1, 0.15) is 11.3 Å². The van der Waals surface area contributed by atoms with E-state index in [-0.39, 0.29) is 28.1 Å². The fourth-order valence-electron chi connectivity index (χ4n) is 3.24. The van der Waals surface area contributed by atoms with E-state index in [1.165, 1.54) is 12.1 Å². The van der Waals surface area contributed by atoms with E-state index in [0.717, 1.165) is 11.6 Å². The lowest BCUT2D eigenvalue weighted by atomic mass is 10.0. The predicted octanol–water partition coefficient (Wildman–Crippen LogP) is 5.49. The average Bonchev–Trinajstić information content (AvgIpc) is 2.95. The van der Waals surface area contributed by atoms with E-state index in [9.17, 15) is 14.0 Å². The molecule has 0 unspecified atom stereocenters. The van der Waals surface area contributed by atoms with Gasteiger partial charge in [0.25, 0.3) is 0 Å². The van der Waals surface area contributed by atoms with Crippen LogP contribution < -0.4 is 5.32 Å². The Morgan fingerprint density at radius 1 is 1.37 bits per heavy atom. The van der Waals surface area contributed by atoms with Crippen LogP contribution in [0.25, 0.3) is 11.0 Å². The number of carbonyl (C=O) groups is 2. The molecule has 1 aliphatic heterocycles. The van der Waals surface area contributed by atoms with Crippen molar-refractivity contribution in [2.45, 2.75) is 19.4 Å². The molecule has 5 nitrogen and oxygen atoms in total. The molecule has 138 valence electrons. The summed E-state index contributed by atoms with van der Waals surface area (Å²) in [5, 5.41) is 2.90. The zero-order valence-corrected chi connectivity index (χ0v) is 17.7. The summed E-state index contributed by atoms with van der Waals surface area (Å²) in [6.45, 7) is 1.93. The number of benzene rings is 2. The van der Waals surface area contributed by atoms with Gasteiger partial charge < -0.3 is 4.57 Å². The molecule has 27 heavy (non-hydrogen) atoms. The Labute approximate surface area is 175 Å². The number of ketones is 1. The van der Waals surface area contributed by atoms with Gasteiger partial charge in [0, 0.05) is 22.5 Å². The molecule has 1 amide bonds. The average molecular weight is 516 g/mol. The lowest BCUT2D eigenvalue weighted by molar-refractivity contribution is -0.117. The quantitative estimate of drug-likeness (QED) is 0.459. The van der Waals surface area contributed by atoms with E-state index < -0.39 is 11.6 Å². The number of fused-ring (bicyclic) bond motifs is 3. The fraction of sp³-hybridized carbons (Fsp3) is 0.167. The molecule has 1 aliphatic rings. The van der Waals surface area contributed by atoms with E-state index >= 15 is 0 Å². The summed E-state index contributed by atoms with van der Waals surface area (Å²) in [7, 11) is 0. The zero-order chi connectivity index (χ0) is 19.5. The molecule has 0 spiro atoms. The first-order valence-electron chi connectivity index (χ1n) is 7.97. The minimum Gasteiger partial charge on any atom is -0.307 e. The molecule has 1 aromatic heterocycles. The Morgan fingerprint density at radius 3 is 2.85 bits per heavy atom. The van der Waals surface area contributed by atoms with Crippen LogP contribution in [0.1, 0.15) is 35.3 Å². The van der Waals surface area contributed by atoms with Crippen molar-refractivity contribution in [3.05, 3.63) is 55.2 Å². The summed E-state index contributed by atoms with van der Waals surface area (Å²) in [6.07, 6.45) is 0.341. The Balaban J connectivity index is 1.94. The second-order valence-electron chi connectivity index (χ2n) is 6.28. The molecule has 0 aliphatic carbocycles. The first-order valence-corrected chi connectivity index (χ1v) is 9.94. The topological polar surface area (TPSA) is 64.0 Å². The number of imidazole rings is 1. The summed E-state index contributed by atoms with van der Waals surface area (Å²) < 4.78 is 16.5. The van der Waals surface area contributed by atoms with Crippen LogP contribution in [0.2, 0.25) is 5.02 Å². The third-order valence-corrected chi connectivity index (χ3v) is 6.18. The number of hydrogen-bond acceptors (Lipinski definition) is 3. The molecule has 0 fully saturated rings. The van der Waals surface area contributed by atoms with Crippen molar-refractivity contribution in [3.8, 4) is 0 Å². The number of anilines is 1. The van der Waals surface area contributed by atoms with Gasteiger partial charge in [0.2, 0.25) is 11.9 Å². The van der Waals surface area contributed by atoms with Gasteiger partial charge in [-0.25, -0.2) is 9.37 Å². The van der Waals surface area contributed by atoms with Crippen molar-refractivity contribution in [3.63, 3.8) is 0 Å². The van der Waals surface area contributed by atoms with E-state index in [0.29, 0.717) is 26.8 Å². The van der Waals surface area contributed by atoms with Crippen molar-refractivity contribution in [2.24, 2.45) is 0 Å². The fourth-order valence-corrected chi connectivity index (χ4v) is 4.99. The smallest absolute Gasteiger partial charge is 0.228 e. The number of rotatable bonds is 2. The van der Waals surface area contributed by atoms with Gasteiger partial charge >= 0.3 is 0 Å². The lowest BCUT2D eigenvalue weighted by Gasteiger charge is -2.22. The minimum atomic E-state index is -0.551. The van der Waals surface area contributed by atoms with Crippen LogP contribution in [0, 0.1) is 5.82 Å². The van der Waals surface area contributed by atoms with Crippen LogP contribution in [0.3, 0.4) is 0 Å². The normalized spacial score (nSPS) is 16.3. The summed E-state index contributed by atoms with van der Waals surface area (Å²) in [4.78, 5) is 29.3. The van der Waals surface area contributed by atoms with Crippen molar-refractivity contribution >= 4 is 72.1 Å². The van der Waals surface area contributed by atoms with Gasteiger partial charge in [0.05, 0.1) is 20.6 Å². The highest BCUT2D eigenvalue weighted by Crippen LogP contribution is 2.39. The largest absolute Gasteiger partial charge is 0.307 e. The molecule has 3 aromatic rings. The second kappa shape index (κ2) is 6.68. The Kier molecular flexibility index (Phi) is 4.60. The summed E-state index contributed by atoms with van der Waals surface area (Å²) >= 11 is 13.0. The maximum atomic E-state index is 13.6. The highest BCUT2D eigenvalue weighted by molar-refractivity contribution is 9.11. The molecule has 2 heterocycles. The van der Waals surface area contributed by atoms with E-state index in [1.54, 1.807) is 6.07 Å². The lowest BCUT2D eigenvalue weighted by Crippen LogP contribution is -2.26. The molecule has 9 heteroatoms. The summed E-state index contributed by atoms with van der Waals surface area (Å²) in [5.41, 5.74) is 1.63. The number of carbonyl (C=O) groups excluding carboxylic acids is 2. The van der Waals surface area contributed by atoms with E-state index in [4.69, 9.17) is 11.6 Å². The molecule has 4 rings (SSSR count). The molecule has 0 saturated carbocycles. The molecule has 2 aromatic carbocycles. The highest BCUT2D eigenvalue weighted by Gasteiger charge is 2.29. The van der Waals surface area contributed by atoms with Crippen molar-refractivity contribution < 1.29 is 14.0 Å². The second-order valence-corrected chi connectivity index (χ2v) is 8.33. The molecular formula is C18H11Br2ClFN3O2. The Bertz CT molecular complexity index is 1150. The summed E-state index contributed by atoms with van der Waals surface area (Å²) in [5.74, 6) is -0.675. The van der Waals surface area contributed by atoms with Crippen molar-refractivity contribution in [2.75, 3.05) is 5.32 Å². The van der Waals surface area contributed by atoms with Gasteiger partial charge in [-0.1, -0.05) is 11.6 Å². The van der Waals surface area contributed by atoms with Gasteiger partial charge in [-0.15, -0.1) is 0 Å². The molecule has 0 radical (unpaired) electrons. The van der Waals surface area contributed by atoms with E-state index in [2.05, 4.69) is 42.2 Å². The number of nitrogens with zero attached hydrogens (tertiary/aromatic N) is 2. The van der Waals surface area contributed by atoms with Crippen LogP contribution in [-0.4, -0.2) is 21.2 Å². The molecule has 1 N–H and O–H groups in total. The monoisotopic (exact) mass is 513 g/mol. The third-order valence-electron chi connectivity index (χ3n) is 4.45. The number of amides is 1. The molecule has 0 saturated heterocycles. The first-order chi connectivity index (χ1) is 12.8. The van der Waals surface area contributed by atoms with Crippen LogP contribution in [-0.2, 0) is 4.79 Å². The van der Waals surface area contributed by atoms with Gasteiger partial charge in [-0.3, -0.25) is 14.9 Å². The first kappa shape index (κ1) is 18.6. The number of halogens is 4. The number of nitrogens with one attached hydrogen (secondary N) is 1. The predicted molar refractivity (Wildman–Crippen MR) is 108 cm³/mol. The zero-order valence-electron chi connectivity index (χ0n) is 13.8. The Hall–Kier alpha value is -1.77. The van der Waals surface area contributed by atoms with Gasteiger partial charge in [0.15, 0.2) is 5.78 Å². The van der Waals surface area contributed by atoms with E-state index in [1.807, 2.05) is 11.5 Å². The van der Waals surface area contributed by atoms with Crippen LogP contribution in [0.5, 0.6) is 0 Å². The Morgan fingerprint density at radius 2 is 2.11 bits per heavy atom. The minimum absolute atomic E-state index is 0.0584. The molecule has 1 atom stereocenters. The summed E-state index contributed by atoms with van der Waals surface area (Å²) in [6, 6.07) is 5.34. The maximum absolute atomic E-state index is 13.6. The number of aromatic nitrogens is 2. The van der Waals surface area contributed by atoms with Crippen molar-refractivity contribution in [1.82, 2.24) is 9.55 Å². The van der Waals surface area contributed by atoms with Crippen LogP contribution in [0.15, 0.2) is 33.2 Å². The van der Waals surface area contributed by atoms with Crippen molar-refractivity contribution in [1.29, 1.82) is 0 Å². The highest BCUT2D eigenvalue weighted by atomic mass is 79.9. The molecule has 0 bridgehead atoms. The third kappa shape index (κ3) is 2.99. The SMILES string of the molecule is C[C@H]1CC(=O)Nc2nc3c(Br)c(C(=O)c4cc(F)ccc4Cl)c(Br)cc3n21.